The summed E-state index contributed by atoms with van der Waals surface area (Å²) >= 11 is 2.89. The van der Waals surface area contributed by atoms with Crippen molar-refractivity contribution in [3.63, 3.8) is 0 Å². The molecular weight excluding hydrogens is 480 g/mol. The molecule has 0 aliphatic heterocycles. The van der Waals surface area contributed by atoms with Gasteiger partial charge in [-0.2, -0.15) is 0 Å². The lowest BCUT2D eigenvalue weighted by Gasteiger charge is -2.21. The molecule has 190 valence electrons. The van der Waals surface area contributed by atoms with Gasteiger partial charge in [0, 0.05) is 17.8 Å². The standard InChI is InChI=1S/C26H36N4O3S2/c1-4-14-30-21(15-18-10-6-5-7-11-18)28-29-26(30)34-16-22(31)27-24-23(25(32)33-17(2)3)19-12-8-9-13-20(19)35-24/h4,17-18H,1,5-16H2,2-3H3,(H,27,31). The average molecular weight is 517 g/mol. The second-order valence-corrected chi connectivity index (χ2v) is 11.8. The molecule has 1 fully saturated rings. The molecule has 9 heteroatoms. The van der Waals surface area contributed by atoms with Gasteiger partial charge in [-0.3, -0.25) is 4.79 Å². The Morgan fingerprint density at radius 1 is 1.20 bits per heavy atom. The van der Waals surface area contributed by atoms with Crippen molar-refractivity contribution in [2.24, 2.45) is 5.92 Å². The fourth-order valence-electron chi connectivity index (χ4n) is 4.97. The summed E-state index contributed by atoms with van der Waals surface area (Å²) in [6.07, 6.45) is 12.9. The Kier molecular flexibility index (Phi) is 9.05. The molecule has 35 heavy (non-hydrogen) atoms. The molecule has 0 spiro atoms. The van der Waals surface area contributed by atoms with Crippen molar-refractivity contribution in [1.82, 2.24) is 14.8 Å². The van der Waals surface area contributed by atoms with Crippen LogP contribution in [-0.4, -0.2) is 38.5 Å². The second-order valence-electron chi connectivity index (χ2n) is 9.71. The Morgan fingerprint density at radius 3 is 2.71 bits per heavy atom. The van der Waals surface area contributed by atoms with Gasteiger partial charge in [0.2, 0.25) is 5.91 Å². The third-order valence-corrected chi connectivity index (χ3v) is 8.78. The quantitative estimate of drug-likeness (QED) is 0.243. The van der Waals surface area contributed by atoms with E-state index in [0.717, 1.165) is 48.6 Å². The van der Waals surface area contributed by atoms with Gasteiger partial charge in [-0.1, -0.05) is 49.9 Å². The number of esters is 1. The topological polar surface area (TPSA) is 86.1 Å². The number of fused-ring (bicyclic) bond motifs is 1. The summed E-state index contributed by atoms with van der Waals surface area (Å²) in [5.74, 6) is 1.32. The minimum atomic E-state index is -0.347. The summed E-state index contributed by atoms with van der Waals surface area (Å²) in [7, 11) is 0. The predicted octanol–water partition coefficient (Wildman–Crippen LogP) is 5.82. The van der Waals surface area contributed by atoms with Crippen molar-refractivity contribution in [2.45, 2.75) is 95.9 Å². The maximum absolute atomic E-state index is 12.9. The Morgan fingerprint density at radius 2 is 1.97 bits per heavy atom. The largest absolute Gasteiger partial charge is 0.459 e. The highest BCUT2D eigenvalue weighted by atomic mass is 32.2. The predicted molar refractivity (Wildman–Crippen MR) is 141 cm³/mol. The van der Waals surface area contributed by atoms with Crippen LogP contribution < -0.4 is 5.32 Å². The first kappa shape index (κ1) is 25.9. The number of hydrogen-bond acceptors (Lipinski definition) is 7. The molecule has 0 unspecified atom stereocenters. The van der Waals surface area contributed by atoms with E-state index in [1.165, 1.54) is 60.1 Å². The molecule has 2 aromatic heterocycles. The number of thioether (sulfide) groups is 1. The minimum Gasteiger partial charge on any atom is -0.459 e. The Bertz CT molecular complexity index is 1050. The summed E-state index contributed by atoms with van der Waals surface area (Å²) in [4.78, 5) is 27.0. The van der Waals surface area contributed by atoms with E-state index in [1.807, 2.05) is 19.9 Å². The molecule has 1 amide bonds. The van der Waals surface area contributed by atoms with E-state index in [0.29, 0.717) is 23.0 Å². The normalized spacial score (nSPS) is 16.2. The first-order chi connectivity index (χ1) is 17.0. The third kappa shape index (κ3) is 6.55. The fourth-order valence-corrected chi connectivity index (χ4v) is 7.03. The zero-order chi connectivity index (χ0) is 24.8. The fraction of sp³-hybridized carbons (Fsp3) is 0.615. The zero-order valence-corrected chi connectivity index (χ0v) is 22.4. The monoisotopic (exact) mass is 516 g/mol. The SMILES string of the molecule is C=CCn1c(CC2CCCCC2)nnc1SCC(=O)Nc1sc2c(c1C(=O)OC(C)C)CCCC2. The minimum absolute atomic E-state index is 0.158. The number of hydrogen-bond donors (Lipinski definition) is 1. The van der Waals surface area contributed by atoms with Crippen LogP contribution in [0.4, 0.5) is 5.00 Å². The van der Waals surface area contributed by atoms with Crippen LogP contribution in [0, 0.1) is 5.92 Å². The number of amides is 1. The van der Waals surface area contributed by atoms with Crippen LogP contribution >= 0.6 is 23.1 Å². The Hall–Kier alpha value is -2.13. The van der Waals surface area contributed by atoms with Crippen LogP contribution in [0.2, 0.25) is 0 Å². The summed E-state index contributed by atoms with van der Waals surface area (Å²) in [5.41, 5.74) is 1.59. The molecule has 0 saturated heterocycles. The van der Waals surface area contributed by atoms with Crippen molar-refractivity contribution in [1.29, 1.82) is 0 Å². The summed E-state index contributed by atoms with van der Waals surface area (Å²) < 4.78 is 7.58. The molecule has 1 saturated carbocycles. The molecular formula is C26H36N4O3S2. The highest BCUT2D eigenvalue weighted by Crippen LogP contribution is 2.39. The molecule has 0 aromatic carbocycles. The van der Waals surface area contributed by atoms with Crippen molar-refractivity contribution < 1.29 is 14.3 Å². The number of carbonyl (C=O) groups excluding carboxylic acids is 2. The van der Waals surface area contributed by atoms with Gasteiger partial charge >= 0.3 is 5.97 Å². The van der Waals surface area contributed by atoms with Gasteiger partial charge in [0.05, 0.1) is 17.4 Å². The van der Waals surface area contributed by atoms with Gasteiger partial charge in [-0.05, 0) is 51.0 Å². The molecule has 4 rings (SSSR count). The third-order valence-electron chi connectivity index (χ3n) is 6.60. The van der Waals surface area contributed by atoms with Gasteiger partial charge in [-0.15, -0.1) is 28.1 Å². The van der Waals surface area contributed by atoms with Crippen LogP contribution in [-0.2, 0) is 35.3 Å². The van der Waals surface area contributed by atoms with Crippen LogP contribution in [0.1, 0.15) is 85.4 Å². The lowest BCUT2D eigenvalue weighted by molar-refractivity contribution is -0.113. The maximum Gasteiger partial charge on any atom is 0.341 e. The second kappa shape index (κ2) is 12.2. The number of ether oxygens (including phenoxy) is 1. The molecule has 2 aromatic rings. The smallest absolute Gasteiger partial charge is 0.341 e. The molecule has 7 nitrogen and oxygen atoms in total. The van der Waals surface area contributed by atoms with Crippen LogP contribution in [0.25, 0.3) is 0 Å². The number of thiophene rings is 1. The summed E-state index contributed by atoms with van der Waals surface area (Å²) in [5, 5.41) is 13.2. The van der Waals surface area contributed by atoms with Gasteiger partial charge in [0.25, 0.3) is 0 Å². The van der Waals surface area contributed by atoms with Crippen molar-refractivity contribution in [3.8, 4) is 0 Å². The van der Waals surface area contributed by atoms with Crippen molar-refractivity contribution in [3.05, 3.63) is 34.5 Å². The first-order valence-electron chi connectivity index (χ1n) is 12.8. The molecule has 2 aliphatic rings. The van der Waals surface area contributed by atoms with E-state index in [9.17, 15) is 9.59 Å². The molecule has 0 atom stereocenters. The molecule has 2 aliphatic carbocycles. The molecule has 0 bridgehead atoms. The Labute approximate surface area is 216 Å². The van der Waals surface area contributed by atoms with Crippen LogP contribution in [0.3, 0.4) is 0 Å². The number of anilines is 1. The summed E-state index contributed by atoms with van der Waals surface area (Å²) in [6.45, 7) is 8.20. The number of allylic oxidation sites excluding steroid dienone is 1. The molecule has 2 heterocycles. The molecule has 0 radical (unpaired) electrons. The number of nitrogens with zero attached hydrogens (tertiary/aromatic N) is 3. The highest BCUT2D eigenvalue weighted by molar-refractivity contribution is 7.99. The van der Waals surface area contributed by atoms with Gasteiger partial charge in [-0.25, -0.2) is 4.79 Å². The summed E-state index contributed by atoms with van der Waals surface area (Å²) in [6, 6.07) is 0. The Balaban J connectivity index is 1.43. The van der Waals surface area contributed by atoms with Crippen molar-refractivity contribution in [2.75, 3.05) is 11.1 Å². The van der Waals surface area contributed by atoms with Crippen LogP contribution in [0.5, 0.6) is 0 Å². The van der Waals surface area contributed by atoms with Gasteiger partial charge in [0.1, 0.15) is 10.8 Å². The lowest BCUT2D eigenvalue weighted by atomic mass is 9.87. The number of rotatable bonds is 10. The number of carbonyl (C=O) groups is 2. The van der Waals surface area contributed by atoms with E-state index >= 15 is 0 Å². The first-order valence-corrected chi connectivity index (χ1v) is 14.6. The van der Waals surface area contributed by atoms with E-state index in [2.05, 4.69) is 26.7 Å². The van der Waals surface area contributed by atoms with Crippen molar-refractivity contribution >= 4 is 40.0 Å². The maximum atomic E-state index is 12.9. The van der Waals surface area contributed by atoms with E-state index in [4.69, 9.17) is 4.74 Å². The zero-order valence-electron chi connectivity index (χ0n) is 20.8. The van der Waals surface area contributed by atoms with Crippen LogP contribution in [0.15, 0.2) is 17.8 Å². The highest BCUT2D eigenvalue weighted by Gasteiger charge is 2.28. The number of nitrogens with one attached hydrogen (secondary N) is 1. The lowest BCUT2D eigenvalue weighted by Crippen LogP contribution is -2.19. The molecule has 1 N–H and O–H groups in total. The number of aryl methyl sites for hydroxylation is 1. The van der Waals surface area contributed by atoms with E-state index in [1.54, 1.807) is 0 Å². The van der Waals surface area contributed by atoms with E-state index in [-0.39, 0.29) is 23.7 Å². The van der Waals surface area contributed by atoms with E-state index < -0.39 is 0 Å². The van der Waals surface area contributed by atoms with Gasteiger partial charge in [0.15, 0.2) is 5.16 Å². The average Bonchev–Trinajstić information content (AvgIpc) is 3.38. The number of aromatic nitrogens is 3. The van der Waals surface area contributed by atoms with Gasteiger partial charge < -0.3 is 14.6 Å².